The van der Waals surface area contributed by atoms with Gasteiger partial charge in [-0.1, -0.05) is 11.6 Å². The van der Waals surface area contributed by atoms with Crippen molar-refractivity contribution in [3.05, 3.63) is 22.7 Å². The number of carboxylic acids is 1. The quantitative estimate of drug-likeness (QED) is 0.756. The molecule has 4 nitrogen and oxygen atoms in total. The van der Waals surface area contributed by atoms with E-state index in [0.29, 0.717) is 24.1 Å². The second kappa shape index (κ2) is 2.92. The second-order valence-electron chi connectivity index (χ2n) is 3.51. The van der Waals surface area contributed by atoms with Crippen LogP contribution in [0.1, 0.15) is 24.1 Å². The number of aliphatic carboxylic acids is 1. The Bertz CT molecular complexity index is 382. The van der Waals surface area contributed by atoms with Gasteiger partial charge in [0.15, 0.2) is 0 Å². The Balaban J connectivity index is 2.56. The summed E-state index contributed by atoms with van der Waals surface area (Å²) in [6.07, 6.45) is 2.59. The fourth-order valence-electron chi connectivity index (χ4n) is 1.68. The molecule has 1 N–H and O–H groups in total. The molecule has 0 aliphatic heterocycles. The summed E-state index contributed by atoms with van der Waals surface area (Å²) in [6, 6.07) is 0. The Morgan fingerprint density at radius 1 is 1.57 bits per heavy atom. The number of aromatic nitrogens is 2. The molecule has 0 bridgehead atoms. The van der Waals surface area contributed by atoms with E-state index in [1.165, 1.54) is 6.33 Å². The van der Waals surface area contributed by atoms with Crippen molar-refractivity contribution in [3.8, 4) is 0 Å². The van der Waals surface area contributed by atoms with E-state index in [-0.39, 0.29) is 5.15 Å². The molecule has 0 amide bonds. The SMILES string of the molecule is Cc1ncnc(Cl)c1C1(C(=O)O)CC1. The number of nitrogens with zero attached hydrogens (tertiary/aromatic N) is 2. The fraction of sp³-hybridized carbons (Fsp3) is 0.444. The van der Waals surface area contributed by atoms with Gasteiger partial charge in [-0.2, -0.15) is 0 Å². The largest absolute Gasteiger partial charge is 0.481 e. The zero-order valence-corrected chi connectivity index (χ0v) is 8.38. The number of hydrogen-bond donors (Lipinski definition) is 1. The number of hydrogen-bond acceptors (Lipinski definition) is 3. The van der Waals surface area contributed by atoms with E-state index in [0.717, 1.165) is 0 Å². The van der Waals surface area contributed by atoms with Gasteiger partial charge in [0.1, 0.15) is 11.5 Å². The molecular formula is C9H9ClN2O2. The number of halogens is 1. The van der Waals surface area contributed by atoms with Crippen molar-refractivity contribution in [2.24, 2.45) is 0 Å². The Morgan fingerprint density at radius 2 is 2.21 bits per heavy atom. The van der Waals surface area contributed by atoms with Gasteiger partial charge < -0.3 is 5.11 Å². The van der Waals surface area contributed by atoms with Crippen molar-refractivity contribution in [1.82, 2.24) is 9.97 Å². The van der Waals surface area contributed by atoms with Crippen LogP contribution in [0.25, 0.3) is 0 Å². The van der Waals surface area contributed by atoms with Gasteiger partial charge in [-0.05, 0) is 19.8 Å². The first-order valence-electron chi connectivity index (χ1n) is 4.29. The maximum absolute atomic E-state index is 11.1. The molecule has 1 aliphatic carbocycles. The van der Waals surface area contributed by atoms with Crippen LogP contribution in [0.15, 0.2) is 6.33 Å². The summed E-state index contributed by atoms with van der Waals surface area (Å²) in [7, 11) is 0. The maximum atomic E-state index is 11.1. The lowest BCUT2D eigenvalue weighted by Crippen LogP contribution is -2.22. The van der Waals surface area contributed by atoms with E-state index in [4.69, 9.17) is 16.7 Å². The highest BCUT2D eigenvalue weighted by Gasteiger charge is 2.54. The molecule has 0 atom stereocenters. The van der Waals surface area contributed by atoms with Crippen molar-refractivity contribution in [1.29, 1.82) is 0 Å². The molecule has 1 aliphatic rings. The third-order valence-electron chi connectivity index (χ3n) is 2.63. The smallest absolute Gasteiger partial charge is 0.314 e. The normalized spacial score (nSPS) is 17.9. The molecule has 0 saturated heterocycles. The lowest BCUT2D eigenvalue weighted by molar-refractivity contribution is -0.140. The summed E-state index contributed by atoms with van der Waals surface area (Å²) in [5.41, 5.74) is 0.418. The van der Waals surface area contributed by atoms with Crippen LogP contribution in [0.4, 0.5) is 0 Å². The molecule has 74 valence electrons. The summed E-state index contributed by atoms with van der Waals surface area (Å²) >= 11 is 5.88. The fourth-order valence-corrected chi connectivity index (χ4v) is 2.05. The molecule has 1 heterocycles. The Hall–Kier alpha value is -1.16. The summed E-state index contributed by atoms with van der Waals surface area (Å²) in [4.78, 5) is 18.9. The second-order valence-corrected chi connectivity index (χ2v) is 3.87. The molecule has 0 radical (unpaired) electrons. The number of carboxylic acid groups (broad SMARTS) is 1. The number of rotatable bonds is 2. The van der Waals surface area contributed by atoms with E-state index in [2.05, 4.69) is 9.97 Å². The third-order valence-corrected chi connectivity index (χ3v) is 2.92. The molecule has 0 spiro atoms. The van der Waals surface area contributed by atoms with Crippen LogP contribution in [0.5, 0.6) is 0 Å². The van der Waals surface area contributed by atoms with Crippen molar-refractivity contribution in [2.45, 2.75) is 25.2 Å². The van der Waals surface area contributed by atoms with E-state index >= 15 is 0 Å². The minimum Gasteiger partial charge on any atom is -0.481 e. The molecule has 0 aromatic carbocycles. The van der Waals surface area contributed by atoms with Crippen LogP contribution in [-0.2, 0) is 10.2 Å². The van der Waals surface area contributed by atoms with E-state index in [1.807, 2.05) is 0 Å². The van der Waals surface area contributed by atoms with Crippen LogP contribution in [0.3, 0.4) is 0 Å². The zero-order chi connectivity index (χ0) is 10.3. The van der Waals surface area contributed by atoms with Crippen molar-refractivity contribution < 1.29 is 9.90 Å². The molecule has 1 fully saturated rings. The van der Waals surface area contributed by atoms with Gasteiger partial charge in [0.05, 0.1) is 5.41 Å². The number of carbonyl (C=O) groups is 1. The first-order valence-corrected chi connectivity index (χ1v) is 4.67. The Kier molecular flexibility index (Phi) is 1.96. The van der Waals surface area contributed by atoms with Gasteiger partial charge >= 0.3 is 5.97 Å². The molecule has 1 aromatic heterocycles. The standard InChI is InChI=1S/C9H9ClN2O2/c1-5-6(7(10)12-4-11-5)9(2-3-9)8(13)14/h4H,2-3H2,1H3,(H,13,14). The highest BCUT2D eigenvalue weighted by molar-refractivity contribution is 6.30. The van der Waals surface area contributed by atoms with Crippen LogP contribution < -0.4 is 0 Å². The Morgan fingerprint density at radius 3 is 2.64 bits per heavy atom. The molecular weight excluding hydrogens is 204 g/mol. The summed E-state index contributed by atoms with van der Waals surface area (Å²) < 4.78 is 0. The van der Waals surface area contributed by atoms with Gasteiger partial charge in [-0.15, -0.1) is 0 Å². The average Bonchev–Trinajstić information content (AvgIpc) is 2.85. The monoisotopic (exact) mass is 212 g/mol. The van der Waals surface area contributed by atoms with Crippen LogP contribution >= 0.6 is 11.6 Å². The highest BCUT2D eigenvalue weighted by atomic mass is 35.5. The van der Waals surface area contributed by atoms with E-state index < -0.39 is 11.4 Å². The van der Waals surface area contributed by atoms with E-state index in [1.54, 1.807) is 6.92 Å². The van der Waals surface area contributed by atoms with Crippen molar-refractivity contribution in [2.75, 3.05) is 0 Å². The van der Waals surface area contributed by atoms with E-state index in [9.17, 15) is 4.79 Å². The first kappa shape index (κ1) is 9.40. The molecule has 2 rings (SSSR count). The Labute approximate surface area is 85.9 Å². The summed E-state index contributed by atoms with van der Waals surface area (Å²) in [6.45, 7) is 1.76. The molecule has 5 heteroatoms. The molecule has 1 aromatic rings. The minimum atomic E-state index is -0.836. The minimum absolute atomic E-state index is 0.261. The van der Waals surface area contributed by atoms with Crippen LogP contribution in [0.2, 0.25) is 5.15 Å². The zero-order valence-electron chi connectivity index (χ0n) is 7.62. The van der Waals surface area contributed by atoms with Crippen LogP contribution in [-0.4, -0.2) is 21.0 Å². The first-order chi connectivity index (χ1) is 6.58. The van der Waals surface area contributed by atoms with Crippen LogP contribution in [0, 0.1) is 6.92 Å². The summed E-state index contributed by atoms with van der Waals surface area (Å²) in [5.74, 6) is -0.836. The van der Waals surface area contributed by atoms with Crippen molar-refractivity contribution in [3.63, 3.8) is 0 Å². The number of aryl methyl sites for hydroxylation is 1. The van der Waals surface area contributed by atoms with Gasteiger partial charge in [-0.25, -0.2) is 9.97 Å². The lowest BCUT2D eigenvalue weighted by atomic mass is 9.96. The highest BCUT2D eigenvalue weighted by Crippen LogP contribution is 2.51. The molecule has 14 heavy (non-hydrogen) atoms. The predicted octanol–water partition coefficient (Wildman–Crippen LogP) is 1.55. The third kappa shape index (κ3) is 1.18. The molecule has 1 saturated carbocycles. The molecule has 0 unspecified atom stereocenters. The average molecular weight is 213 g/mol. The maximum Gasteiger partial charge on any atom is 0.314 e. The predicted molar refractivity (Wildman–Crippen MR) is 50.3 cm³/mol. The van der Waals surface area contributed by atoms with Crippen molar-refractivity contribution >= 4 is 17.6 Å². The van der Waals surface area contributed by atoms with Gasteiger partial charge in [0, 0.05) is 11.3 Å². The van der Waals surface area contributed by atoms with Gasteiger partial charge in [0.25, 0.3) is 0 Å². The lowest BCUT2D eigenvalue weighted by Gasteiger charge is -2.12. The topological polar surface area (TPSA) is 63.1 Å². The van der Waals surface area contributed by atoms with Gasteiger partial charge in [-0.3, -0.25) is 4.79 Å². The summed E-state index contributed by atoms with van der Waals surface area (Å²) in [5, 5.41) is 9.35. The van der Waals surface area contributed by atoms with Gasteiger partial charge in [0.2, 0.25) is 0 Å².